The van der Waals surface area contributed by atoms with Gasteiger partial charge in [-0.1, -0.05) is 63.2 Å². The first-order valence-electron chi connectivity index (χ1n) is 11.3. The topological polar surface area (TPSA) is 52.6 Å². The smallest absolute Gasteiger partial charge is 0.220 e. The van der Waals surface area contributed by atoms with Gasteiger partial charge >= 0.3 is 0 Å². The second kappa shape index (κ2) is 10.1. The highest BCUT2D eigenvalue weighted by Gasteiger charge is 2.38. The van der Waals surface area contributed by atoms with Crippen molar-refractivity contribution < 1.29 is 9.90 Å². The van der Waals surface area contributed by atoms with E-state index in [0.717, 1.165) is 38.9 Å². The van der Waals surface area contributed by atoms with Gasteiger partial charge in [0.05, 0.1) is 0 Å². The summed E-state index contributed by atoms with van der Waals surface area (Å²) in [7, 11) is 0. The maximum atomic E-state index is 12.3. The number of amides is 1. The maximum absolute atomic E-state index is 12.3. The van der Waals surface area contributed by atoms with E-state index in [-0.39, 0.29) is 17.4 Å². The van der Waals surface area contributed by atoms with Crippen LogP contribution in [-0.2, 0) is 16.6 Å². The average molecular weight is 409 g/mol. The van der Waals surface area contributed by atoms with Crippen molar-refractivity contribution in [3.8, 4) is 5.75 Å². The number of hydrogen-bond donors (Lipinski definition) is 2. The number of rotatable bonds is 8. The summed E-state index contributed by atoms with van der Waals surface area (Å²) in [5, 5.41) is 13.2. The van der Waals surface area contributed by atoms with Gasteiger partial charge in [0.25, 0.3) is 0 Å². The van der Waals surface area contributed by atoms with Crippen molar-refractivity contribution in [2.45, 2.75) is 57.9 Å². The van der Waals surface area contributed by atoms with Crippen LogP contribution in [0.15, 0.2) is 54.6 Å². The number of phenols is 1. The number of benzene rings is 2. The van der Waals surface area contributed by atoms with Crippen molar-refractivity contribution in [1.82, 2.24) is 10.2 Å². The van der Waals surface area contributed by atoms with Crippen molar-refractivity contribution in [2.24, 2.45) is 5.92 Å². The van der Waals surface area contributed by atoms with E-state index < -0.39 is 0 Å². The van der Waals surface area contributed by atoms with Crippen LogP contribution in [0.1, 0.15) is 51.2 Å². The molecule has 4 nitrogen and oxygen atoms in total. The van der Waals surface area contributed by atoms with E-state index in [1.807, 2.05) is 25.1 Å². The molecule has 2 aromatic carbocycles. The Morgan fingerprint density at radius 2 is 2.00 bits per heavy atom. The molecule has 1 saturated heterocycles. The quantitative estimate of drug-likeness (QED) is 0.675. The summed E-state index contributed by atoms with van der Waals surface area (Å²) in [6, 6.07) is 18.3. The van der Waals surface area contributed by atoms with Crippen molar-refractivity contribution >= 4 is 5.91 Å². The fraction of sp³-hybridized carbons (Fsp3) is 0.500. The third-order valence-electron chi connectivity index (χ3n) is 6.72. The number of hydrogen-bond acceptors (Lipinski definition) is 3. The normalized spacial score (nSPS) is 23.1. The molecule has 0 spiro atoms. The molecule has 1 aliphatic rings. The first kappa shape index (κ1) is 22.4. The molecule has 4 heteroatoms. The summed E-state index contributed by atoms with van der Waals surface area (Å²) in [5.74, 6) is 0.940. The minimum atomic E-state index is 0.0512. The number of phenolic OH excluding ortho intramolecular Hbond substituents is 1. The van der Waals surface area contributed by atoms with Gasteiger partial charge in [0.15, 0.2) is 0 Å². The number of aromatic hydroxyl groups is 1. The lowest BCUT2D eigenvalue weighted by Gasteiger charge is -2.46. The Hall–Kier alpha value is -2.33. The number of carbonyl (C=O) groups is 1. The standard InChI is InChI=1S/C26H36N2O2/c1-4-9-25(30)27-23(16-21-10-6-5-7-11-21)19-28-15-14-26(3,20(2)18-28)22-12-8-13-24(29)17-22/h5-8,10-13,17,20,23,29H,4,9,14-16,18-19H2,1-3H3,(H,27,30). The summed E-state index contributed by atoms with van der Waals surface area (Å²) < 4.78 is 0. The van der Waals surface area contributed by atoms with Crippen LogP contribution in [0.2, 0.25) is 0 Å². The van der Waals surface area contributed by atoms with Crippen LogP contribution in [-0.4, -0.2) is 41.6 Å². The van der Waals surface area contributed by atoms with Gasteiger partial charge in [0, 0.05) is 25.6 Å². The molecular formula is C26H36N2O2. The van der Waals surface area contributed by atoms with E-state index >= 15 is 0 Å². The van der Waals surface area contributed by atoms with E-state index in [4.69, 9.17) is 0 Å². The molecule has 0 saturated carbocycles. The van der Waals surface area contributed by atoms with Crippen LogP contribution in [0.3, 0.4) is 0 Å². The number of nitrogens with one attached hydrogen (secondary N) is 1. The van der Waals surface area contributed by atoms with Crippen molar-refractivity contribution in [1.29, 1.82) is 0 Å². The van der Waals surface area contributed by atoms with Crippen molar-refractivity contribution in [3.05, 3.63) is 65.7 Å². The average Bonchev–Trinajstić information content (AvgIpc) is 2.72. The zero-order valence-corrected chi connectivity index (χ0v) is 18.6. The van der Waals surface area contributed by atoms with Gasteiger partial charge in [0.2, 0.25) is 5.91 Å². The minimum absolute atomic E-state index is 0.0512. The first-order chi connectivity index (χ1) is 14.4. The first-order valence-corrected chi connectivity index (χ1v) is 11.3. The highest BCUT2D eigenvalue weighted by Crippen LogP contribution is 2.40. The second-order valence-electron chi connectivity index (χ2n) is 9.08. The molecule has 0 aliphatic carbocycles. The number of nitrogens with zero attached hydrogens (tertiary/aromatic N) is 1. The molecule has 0 bridgehead atoms. The van der Waals surface area contributed by atoms with E-state index in [1.165, 1.54) is 11.1 Å². The van der Waals surface area contributed by atoms with Gasteiger partial charge in [-0.25, -0.2) is 0 Å². The minimum Gasteiger partial charge on any atom is -0.508 e. The predicted molar refractivity (Wildman–Crippen MR) is 123 cm³/mol. The van der Waals surface area contributed by atoms with Crippen LogP contribution in [0.5, 0.6) is 5.75 Å². The molecule has 1 amide bonds. The lowest BCUT2D eigenvalue weighted by molar-refractivity contribution is -0.122. The molecule has 1 heterocycles. The summed E-state index contributed by atoms with van der Waals surface area (Å²) in [6.45, 7) is 9.50. The molecule has 2 N–H and O–H groups in total. The Morgan fingerprint density at radius 3 is 2.67 bits per heavy atom. The fourth-order valence-corrected chi connectivity index (χ4v) is 4.67. The third kappa shape index (κ3) is 5.63. The van der Waals surface area contributed by atoms with Crippen LogP contribution in [0.25, 0.3) is 0 Å². The Morgan fingerprint density at radius 1 is 1.23 bits per heavy atom. The molecule has 30 heavy (non-hydrogen) atoms. The van der Waals surface area contributed by atoms with Crippen LogP contribution in [0, 0.1) is 5.92 Å². The Bertz CT molecular complexity index is 823. The van der Waals surface area contributed by atoms with E-state index in [2.05, 4.69) is 54.4 Å². The van der Waals surface area contributed by atoms with Gasteiger partial charge in [-0.15, -0.1) is 0 Å². The van der Waals surface area contributed by atoms with Crippen molar-refractivity contribution in [2.75, 3.05) is 19.6 Å². The second-order valence-corrected chi connectivity index (χ2v) is 9.08. The zero-order valence-electron chi connectivity index (χ0n) is 18.6. The maximum Gasteiger partial charge on any atom is 0.220 e. The fourth-order valence-electron chi connectivity index (χ4n) is 4.67. The highest BCUT2D eigenvalue weighted by atomic mass is 16.3. The van der Waals surface area contributed by atoms with Gasteiger partial charge in [0.1, 0.15) is 5.75 Å². The third-order valence-corrected chi connectivity index (χ3v) is 6.72. The van der Waals surface area contributed by atoms with Crippen molar-refractivity contribution in [3.63, 3.8) is 0 Å². The summed E-state index contributed by atoms with van der Waals surface area (Å²) in [4.78, 5) is 14.8. The number of likely N-dealkylation sites (tertiary alicyclic amines) is 1. The van der Waals surface area contributed by atoms with E-state index in [9.17, 15) is 9.90 Å². The highest BCUT2D eigenvalue weighted by molar-refractivity contribution is 5.76. The Labute approximate surface area is 181 Å². The lowest BCUT2D eigenvalue weighted by Crippen LogP contribution is -2.52. The summed E-state index contributed by atoms with van der Waals surface area (Å²) in [6.07, 6.45) is 3.34. The molecule has 3 atom stereocenters. The van der Waals surface area contributed by atoms with Gasteiger partial charge in [-0.05, 0) is 60.4 Å². The van der Waals surface area contributed by atoms with Gasteiger partial charge in [-0.2, -0.15) is 0 Å². The number of piperidine rings is 1. The predicted octanol–water partition coefficient (Wildman–Crippen LogP) is 4.52. The number of carbonyl (C=O) groups excluding carboxylic acids is 1. The van der Waals surface area contributed by atoms with Gasteiger partial charge < -0.3 is 15.3 Å². The molecule has 3 rings (SSSR count). The van der Waals surface area contributed by atoms with Gasteiger partial charge in [-0.3, -0.25) is 4.79 Å². The molecule has 0 radical (unpaired) electrons. The molecule has 0 aromatic heterocycles. The summed E-state index contributed by atoms with van der Waals surface area (Å²) >= 11 is 0. The molecule has 1 aliphatic heterocycles. The molecule has 162 valence electrons. The Balaban J connectivity index is 1.67. The SMILES string of the molecule is CCCC(=O)NC(Cc1ccccc1)CN1CCC(C)(c2cccc(O)c2)C(C)C1. The van der Waals surface area contributed by atoms with Crippen LogP contribution >= 0.6 is 0 Å². The molecular weight excluding hydrogens is 372 g/mol. The monoisotopic (exact) mass is 408 g/mol. The molecule has 2 aromatic rings. The summed E-state index contributed by atoms with van der Waals surface area (Å²) in [5.41, 5.74) is 2.52. The Kier molecular flexibility index (Phi) is 7.54. The van der Waals surface area contributed by atoms with Crippen LogP contribution in [0.4, 0.5) is 0 Å². The lowest BCUT2D eigenvalue weighted by atomic mass is 9.68. The van der Waals surface area contributed by atoms with E-state index in [0.29, 0.717) is 18.1 Å². The van der Waals surface area contributed by atoms with E-state index in [1.54, 1.807) is 6.07 Å². The molecule has 1 fully saturated rings. The zero-order chi connectivity index (χ0) is 21.6. The molecule has 3 unspecified atom stereocenters. The van der Waals surface area contributed by atoms with Crippen LogP contribution < -0.4 is 5.32 Å². The largest absolute Gasteiger partial charge is 0.508 e.